The fourth-order valence-electron chi connectivity index (χ4n) is 2.55. The number of anilines is 1. The molecule has 100 valence electrons. The third-order valence-corrected chi connectivity index (χ3v) is 3.80. The summed E-state index contributed by atoms with van der Waals surface area (Å²) in [6.45, 7) is 4.31. The van der Waals surface area contributed by atoms with E-state index in [0.717, 1.165) is 19.5 Å². The summed E-state index contributed by atoms with van der Waals surface area (Å²) in [5, 5.41) is 12.6. The van der Waals surface area contributed by atoms with Gasteiger partial charge in [-0.1, -0.05) is 19.1 Å². The molecule has 3 nitrogen and oxygen atoms in total. The molecular weight excluding hydrogens is 224 g/mol. The lowest BCUT2D eigenvalue weighted by Gasteiger charge is -2.28. The molecule has 1 atom stereocenters. The Bertz CT molecular complexity index is 388. The van der Waals surface area contributed by atoms with Gasteiger partial charge in [-0.05, 0) is 36.5 Å². The second-order valence-corrected chi connectivity index (χ2v) is 5.16. The van der Waals surface area contributed by atoms with Crippen molar-refractivity contribution < 1.29 is 5.11 Å². The summed E-state index contributed by atoms with van der Waals surface area (Å²) in [5.41, 5.74) is 4.15. The molecule has 0 fully saturated rings. The van der Waals surface area contributed by atoms with Crippen molar-refractivity contribution in [1.82, 2.24) is 5.32 Å². The van der Waals surface area contributed by atoms with E-state index in [2.05, 4.69) is 42.4 Å². The molecule has 0 saturated carbocycles. The molecule has 1 aromatic carbocycles. The van der Waals surface area contributed by atoms with Gasteiger partial charge in [-0.15, -0.1) is 0 Å². The van der Waals surface area contributed by atoms with Crippen molar-refractivity contribution in [2.24, 2.45) is 0 Å². The van der Waals surface area contributed by atoms with Crippen LogP contribution in [0.2, 0.25) is 0 Å². The van der Waals surface area contributed by atoms with Crippen LogP contribution in [0.4, 0.5) is 5.69 Å². The maximum Gasteiger partial charge on any atom is 0.0584 e. The fraction of sp³-hybridized carbons (Fsp3) is 0.600. The molecule has 3 heteroatoms. The first-order valence-corrected chi connectivity index (χ1v) is 6.91. The molecule has 18 heavy (non-hydrogen) atoms. The van der Waals surface area contributed by atoms with Crippen molar-refractivity contribution in [2.75, 3.05) is 25.1 Å². The summed E-state index contributed by atoms with van der Waals surface area (Å²) in [5.74, 6) is 0. The molecule has 0 bridgehead atoms. The molecule has 1 aliphatic rings. The standard InChI is InChI=1S/C15H24N2O/c1-3-14(11-18)16-10-12-6-7-15-13(9-12)5-4-8-17(15)2/h6-7,9,14,16,18H,3-5,8,10-11H2,1-2H3. The number of aliphatic hydroxyl groups excluding tert-OH is 1. The number of benzene rings is 1. The number of aryl methyl sites for hydroxylation is 1. The molecule has 0 radical (unpaired) electrons. The molecule has 0 amide bonds. The van der Waals surface area contributed by atoms with Gasteiger partial charge in [0, 0.05) is 31.9 Å². The molecule has 2 N–H and O–H groups in total. The Labute approximate surface area is 110 Å². The Morgan fingerprint density at radius 3 is 3.00 bits per heavy atom. The second kappa shape index (κ2) is 6.21. The predicted molar refractivity (Wildman–Crippen MR) is 76.0 cm³/mol. The number of hydrogen-bond donors (Lipinski definition) is 2. The lowest BCUT2D eigenvalue weighted by atomic mass is 9.99. The summed E-state index contributed by atoms with van der Waals surface area (Å²) < 4.78 is 0. The van der Waals surface area contributed by atoms with Crippen LogP contribution in [-0.2, 0) is 13.0 Å². The van der Waals surface area contributed by atoms with E-state index in [4.69, 9.17) is 5.11 Å². The maximum atomic E-state index is 9.16. The highest BCUT2D eigenvalue weighted by Gasteiger charge is 2.13. The second-order valence-electron chi connectivity index (χ2n) is 5.16. The van der Waals surface area contributed by atoms with Gasteiger partial charge in [0.05, 0.1) is 6.61 Å². The lowest BCUT2D eigenvalue weighted by Crippen LogP contribution is -2.31. The van der Waals surface area contributed by atoms with E-state index in [1.54, 1.807) is 0 Å². The molecule has 0 spiro atoms. The molecule has 2 rings (SSSR count). The van der Waals surface area contributed by atoms with E-state index >= 15 is 0 Å². The van der Waals surface area contributed by atoms with Gasteiger partial charge in [0.2, 0.25) is 0 Å². The number of rotatable bonds is 5. The van der Waals surface area contributed by atoms with Crippen molar-refractivity contribution >= 4 is 5.69 Å². The first kappa shape index (κ1) is 13.4. The summed E-state index contributed by atoms with van der Waals surface area (Å²) in [6, 6.07) is 6.94. The maximum absolute atomic E-state index is 9.16. The average molecular weight is 248 g/mol. The zero-order valence-corrected chi connectivity index (χ0v) is 11.4. The van der Waals surface area contributed by atoms with Gasteiger partial charge in [0.25, 0.3) is 0 Å². The van der Waals surface area contributed by atoms with Crippen LogP contribution < -0.4 is 10.2 Å². The molecule has 1 aliphatic heterocycles. The van der Waals surface area contributed by atoms with E-state index in [9.17, 15) is 0 Å². The summed E-state index contributed by atoms with van der Waals surface area (Å²) in [6.07, 6.45) is 3.39. The van der Waals surface area contributed by atoms with Crippen molar-refractivity contribution in [2.45, 2.75) is 38.8 Å². The van der Waals surface area contributed by atoms with Gasteiger partial charge in [-0.2, -0.15) is 0 Å². The largest absolute Gasteiger partial charge is 0.395 e. The van der Waals surface area contributed by atoms with Gasteiger partial charge in [-0.3, -0.25) is 0 Å². The molecule has 1 heterocycles. The monoisotopic (exact) mass is 248 g/mol. The van der Waals surface area contributed by atoms with Gasteiger partial charge >= 0.3 is 0 Å². The van der Waals surface area contributed by atoms with Crippen LogP contribution in [-0.4, -0.2) is 31.3 Å². The lowest BCUT2D eigenvalue weighted by molar-refractivity contribution is 0.238. The zero-order chi connectivity index (χ0) is 13.0. The van der Waals surface area contributed by atoms with Crippen molar-refractivity contribution in [1.29, 1.82) is 0 Å². The highest BCUT2D eigenvalue weighted by atomic mass is 16.3. The average Bonchev–Trinajstić information content (AvgIpc) is 2.40. The Balaban J connectivity index is 2.02. The Kier molecular flexibility index (Phi) is 4.61. The number of hydrogen-bond acceptors (Lipinski definition) is 3. The van der Waals surface area contributed by atoms with Crippen molar-refractivity contribution in [3.8, 4) is 0 Å². The Morgan fingerprint density at radius 1 is 1.44 bits per heavy atom. The number of nitrogens with one attached hydrogen (secondary N) is 1. The first-order chi connectivity index (χ1) is 8.74. The molecular formula is C15H24N2O. The van der Waals surface area contributed by atoms with Crippen LogP contribution in [0.15, 0.2) is 18.2 Å². The number of aliphatic hydroxyl groups is 1. The van der Waals surface area contributed by atoms with Crippen LogP contribution in [0.3, 0.4) is 0 Å². The molecule has 0 saturated heterocycles. The van der Waals surface area contributed by atoms with Crippen LogP contribution in [0.5, 0.6) is 0 Å². The van der Waals surface area contributed by atoms with E-state index in [0.29, 0.717) is 0 Å². The van der Waals surface area contributed by atoms with Gasteiger partial charge in [-0.25, -0.2) is 0 Å². The van der Waals surface area contributed by atoms with Crippen LogP contribution >= 0.6 is 0 Å². The topological polar surface area (TPSA) is 35.5 Å². The quantitative estimate of drug-likeness (QED) is 0.836. The first-order valence-electron chi connectivity index (χ1n) is 6.91. The SMILES string of the molecule is CCC(CO)NCc1ccc2c(c1)CCCN2C. The predicted octanol–water partition coefficient (Wildman–Crippen LogP) is 1.93. The Morgan fingerprint density at radius 2 is 2.28 bits per heavy atom. The minimum Gasteiger partial charge on any atom is -0.395 e. The minimum atomic E-state index is 0.212. The van der Waals surface area contributed by atoms with Crippen molar-refractivity contribution in [3.63, 3.8) is 0 Å². The molecule has 0 aromatic heterocycles. The third kappa shape index (κ3) is 3.03. The third-order valence-electron chi connectivity index (χ3n) is 3.80. The van der Waals surface area contributed by atoms with Gasteiger partial charge < -0.3 is 15.3 Å². The van der Waals surface area contributed by atoms with Crippen LogP contribution in [0, 0.1) is 0 Å². The summed E-state index contributed by atoms with van der Waals surface area (Å²) in [7, 11) is 2.16. The Hall–Kier alpha value is -1.06. The minimum absolute atomic E-state index is 0.212. The van der Waals surface area contributed by atoms with E-state index in [1.165, 1.54) is 29.7 Å². The highest BCUT2D eigenvalue weighted by Crippen LogP contribution is 2.26. The molecule has 0 aliphatic carbocycles. The van der Waals surface area contributed by atoms with E-state index < -0.39 is 0 Å². The molecule has 1 aromatic rings. The van der Waals surface area contributed by atoms with Gasteiger partial charge in [0.15, 0.2) is 0 Å². The zero-order valence-electron chi connectivity index (χ0n) is 11.4. The number of fused-ring (bicyclic) bond motifs is 1. The molecule has 1 unspecified atom stereocenters. The summed E-state index contributed by atoms with van der Waals surface area (Å²) in [4.78, 5) is 2.33. The summed E-state index contributed by atoms with van der Waals surface area (Å²) >= 11 is 0. The normalized spacial score (nSPS) is 16.5. The van der Waals surface area contributed by atoms with Gasteiger partial charge in [0.1, 0.15) is 0 Å². The van der Waals surface area contributed by atoms with E-state index in [-0.39, 0.29) is 12.6 Å². The van der Waals surface area contributed by atoms with E-state index in [1.807, 2.05) is 0 Å². The van der Waals surface area contributed by atoms with Crippen LogP contribution in [0.25, 0.3) is 0 Å². The smallest absolute Gasteiger partial charge is 0.0584 e. The fourth-order valence-corrected chi connectivity index (χ4v) is 2.55. The van der Waals surface area contributed by atoms with Crippen LogP contribution in [0.1, 0.15) is 30.9 Å². The van der Waals surface area contributed by atoms with Crippen molar-refractivity contribution in [3.05, 3.63) is 29.3 Å². The highest BCUT2D eigenvalue weighted by molar-refractivity contribution is 5.56. The number of nitrogens with zero attached hydrogens (tertiary/aromatic N) is 1.